The Bertz CT molecular complexity index is 1410. The van der Waals surface area contributed by atoms with E-state index in [9.17, 15) is 10.1 Å². The van der Waals surface area contributed by atoms with Gasteiger partial charge in [0.1, 0.15) is 24.2 Å². The predicted octanol–water partition coefficient (Wildman–Crippen LogP) is 2.96. The second kappa shape index (κ2) is 10.7. The minimum atomic E-state index is 0.243. The molecule has 0 N–H and O–H groups in total. The van der Waals surface area contributed by atoms with Gasteiger partial charge in [-0.2, -0.15) is 10.4 Å². The summed E-state index contributed by atoms with van der Waals surface area (Å²) in [5, 5.41) is 14.1. The monoisotopic (exact) mass is 541 g/mol. The summed E-state index contributed by atoms with van der Waals surface area (Å²) in [6.07, 6.45) is 10.9. The van der Waals surface area contributed by atoms with Crippen molar-refractivity contribution >= 4 is 17.2 Å². The Morgan fingerprint density at radius 3 is 2.65 bits per heavy atom. The number of hydrogen-bond donors (Lipinski definition) is 0. The minimum absolute atomic E-state index is 0.243. The molecule has 1 saturated carbocycles. The zero-order chi connectivity index (χ0) is 27.1. The molecule has 2 bridgehead atoms. The lowest BCUT2D eigenvalue weighted by atomic mass is 9.85. The van der Waals surface area contributed by atoms with E-state index in [1.54, 1.807) is 10.7 Å². The Kier molecular flexibility index (Phi) is 6.77. The van der Waals surface area contributed by atoms with Crippen LogP contribution in [-0.4, -0.2) is 94.9 Å². The summed E-state index contributed by atoms with van der Waals surface area (Å²) >= 11 is 0. The van der Waals surface area contributed by atoms with Gasteiger partial charge in [0.25, 0.3) is 0 Å². The normalized spacial score (nSPS) is 23.3. The van der Waals surface area contributed by atoms with Crippen molar-refractivity contribution in [3.8, 4) is 22.9 Å². The maximum absolute atomic E-state index is 13.0. The van der Waals surface area contributed by atoms with E-state index < -0.39 is 0 Å². The smallest absolute Gasteiger partial charge is 0.226 e. The highest BCUT2D eigenvalue weighted by Crippen LogP contribution is 2.38. The molecule has 3 aromatic rings. The molecular formula is C30H35N7O3. The van der Waals surface area contributed by atoms with E-state index in [-0.39, 0.29) is 5.92 Å². The summed E-state index contributed by atoms with van der Waals surface area (Å²) in [6, 6.07) is 8.95. The Hall–Kier alpha value is -3.68. The number of piperidine rings is 1. The summed E-state index contributed by atoms with van der Waals surface area (Å²) in [7, 11) is 0. The largest absolute Gasteiger partial charge is 0.491 e. The Balaban J connectivity index is 1.07. The Morgan fingerprint density at radius 2 is 1.93 bits per heavy atom. The van der Waals surface area contributed by atoms with Crippen molar-refractivity contribution in [3.63, 3.8) is 0 Å². The molecule has 2 unspecified atom stereocenters. The van der Waals surface area contributed by atoms with Crippen LogP contribution < -0.4 is 9.64 Å². The van der Waals surface area contributed by atoms with Crippen molar-refractivity contribution in [1.82, 2.24) is 24.4 Å². The van der Waals surface area contributed by atoms with Crippen LogP contribution >= 0.6 is 0 Å². The number of pyridine rings is 2. The summed E-state index contributed by atoms with van der Waals surface area (Å²) in [6.45, 7) is 6.42. The molecular weight excluding hydrogens is 506 g/mol. The molecule has 8 rings (SSSR count). The number of anilines is 1. The first kappa shape index (κ1) is 25.3. The zero-order valence-corrected chi connectivity index (χ0v) is 22.7. The first-order valence-electron chi connectivity index (χ1n) is 14.6. The molecule has 7 heterocycles. The lowest BCUT2D eigenvalue weighted by Gasteiger charge is -2.57. The van der Waals surface area contributed by atoms with Crippen LogP contribution in [0.4, 0.5) is 5.82 Å². The fraction of sp³-hybridized carbons (Fsp3) is 0.533. The van der Waals surface area contributed by atoms with Gasteiger partial charge in [0, 0.05) is 56.0 Å². The van der Waals surface area contributed by atoms with Crippen LogP contribution in [0.25, 0.3) is 16.6 Å². The van der Waals surface area contributed by atoms with Gasteiger partial charge < -0.3 is 19.3 Å². The third kappa shape index (κ3) is 4.67. The molecule has 10 nitrogen and oxygen atoms in total. The van der Waals surface area contributed by atoms with Crippen molar-refractivity contribution < 1.29 is 14.3 Å². The molecule has 4 saturated heterocycles. The molecule has 1 aliphatic carbocycles. The molecule has 0 aromatic carbocycles. The van der Waals surface area contributed by atoms with E-state index >= 15 is 0 Å². The number of fused-ring (bicyclic) bond motifs is 3. The van der Waals surface area contributed by atoms with E-state index in [0.717, 1.165) is 87.7 Å². The van der Waals surface area contributed by atoms with Gasteiger partial charge in [-0.15, -0.1) is 0 Å². The van der Waals surface area contributed by atoms with Crippen LogP contribution in [0.3, 0.4) is 0 Å². The van der Waals surface area contributed by atoms with Gasteiger partial charge in [-0.25, -0.2) is 9.50 Å². The standard InChI is InChI=1S/C30H35N7O3/c31-15-23-17-33-36-20-26(40-12-9-34-7-10-39-11-8-34)14-27(29(23)36)22-5-6-28(32-16-22)35-18-24-13-25(19-35)37(24)30(38)21-3-1-2-4-21/h5-6,14,16-17,20-21,24-25H,1-4,7-13,18-19H2. The molecule has 2 atom stereocenters. The van der Waals surface area contributed by atoms with Crippen LogP contribution in [0.15, 0.2) is 36.8 Å². The van der Waals surface area contributed by atoms with E-state index in [1.807, 2.05) is 24.5 Å². The first-order valence-corrected chi connectivity index (χ1v) is 14.6. The van der Waals surface area contributed by atoms with Gasteiger partial charge >= 0.3 is 0 Å². The lowest BCUT2D eigenvalue weighted by molar-refractivity contribution is -0.150. The first-order chi connectivity index (χ1) is 19.7. The molecule has 5 aliphatic rings. The molecule has 0 radical (unpaired) electrons. The highest BCUT2D eigenvalue weighted by atomic mass is 16.5. The summed E-state index contributed by atoms with van der Waals surface area (Å²) in [5.41, 5.74) is 3.04. The van der Waals surface area contributed by atoms with Crippen LogP contribution in [-0.2, 0) is 9.53 Å². The van der Waals surface area contributed by atoms with Crippen LogP contribution in [0, 0.1) is 17.2 Å². The zero-order valence-electron chi connectivity index (χ0n) is 22.7. The number of hydrogen-bond acceptors (Lipinski definition) is 8. The van der Waals surface area contributed by atoms with E-state index in [2.05, 4.69) is 31.9 Å². The number of nitrogens with zero attached hydrogens (tertiary/aromatic N) is 7. The van der Waals surface area contributed by atoms with Gasteiger partial charge in [0.05, 0.1) is 48.8 Å². The second-order valence-corrected chi connectivity index (χ2v) is 11.4. The van der Waals surface area contributed by atoms with Crippen LogP contribution in [0.2, 0.25) is 0 Å². The maximum atomic E-state index is 13.0. The fourth-order valence-corrected chi connectivity index (χ4v) is 6.87. The number of nitriles is 1. The Labute approximate surface area is 234 Å². The van der Waals surface area contributed by atoms with Gasteiger partial charge in [-0.05, 0) is 37.5 Å². The van der Waals surface area contributed by atoms with Gasteiger partial charge in [-0.3, -0.25) is 9.69 Å². The van der Waals surface area contributed by atoms with Gasteiger partial charge in [0.2, 0.25) is 5.91 Å². The number of ether oxygens (including phenoxy) is 2. The minimum Gasteiger partial charge on any atom is -0.491 e. The number of carbonyl (C=O) groups excluding carboxylic acids is 1. The van der Waals surface area contributed by atoms with Crippen molar-refractivity contribution in [2.75, 3.05) is 57.4 Å². The van der Waals surface area contributed by atoms with Gasteiger partial charge in [0.15, 0.2) is 0 Å². The quantitative estimate of drug-likeness (QED) is 0.450. The van der Waals surface area contributed by atoms with Gasteiger partial charge in [-0.1, -0.05) is 12.8 Å². The molecule has 40 heavy (non-hydrogen) atoms. The van der Waals surface area contributed by atoms with Crippen molar-refractivity contribution in [1.29, 1.82) is 5.26 Å². The summed E-state index contributed by atoms with van der Waals surface area (Å²) in [5.74, 6) is 2.25. The van der Waals surface area contributed by atoms with Crippen LogP contribution in [0.1, 0.15) is 37.7 Å². The fourth-order valence-electron chi connectivity index (χ4n) is 6.87. The predicted molar refractivity (Wildman–Crippen MR) is 149 cm³/mol. The molecule has 208 valence electrons. The maximum Gasteiger partial charge on any atom is 0.226 e. The molecule has 1 amide bonds. The average Bonchev–Trinajstić information content (AvgIpc) is 3.68. The second-order valence-electron chi connectivity index (χ2n) is 11.4. The van der Waals surface area contributed by atoms with Crippen molar-refractivity contribution in [3.05, 3.63) is 42.4 Å². The number of piperazine rings is 1. The van der Waals surface area contributed by atoms with Crippen LogP contribution in [0.5, 0.6) is 5.75 Å². The van der Waals surface area contributed by atoms with Crippen molar-refractivity contribution in [2.24, 2.45) is 5.92 Å². The molecule has 0 spiro atoms. The number of carbonyl (C=O) groups is 1. The average molecular weight is 542 g/mol. The lowest BCUT2D eigenvalue weighted by Crippen LogP contribution is -2.71. The highest BCUT2D eigenvalue weighted by Gasteiger charge is 2.49. The SMILES string of the molecule is N#Cc1cnn2cc(OCCN3CCOCC3)cc(-c3ccc(N4CC5CC(C4)N5C(=O)C4CCCC4)nc3)c12. The Morgan fingerprint density at radius 1 is 1.12 bits per heavy atom. The molecule has 4 aliphatic heterocycles. The summed E-state index contributed by atoms with van der Waals surface area (Å²) < 4.78 is 13.3. The van der Waals surface area contributed by atoms with E-state index in [4.69, 9.17) is 14.5 Å². The topological polar surface area (TPSA) is 99.2 Å². The summed E-state index contributed by atoms with van der Waals surface area (Å²) in [4.78, 5) is 24.7. The number of aromatic nitrogens is 3. The third-order valence-corrected chi connectivity index (χ3v) is 9.02. The number of amides is 1. The van der Waals surface area contributed by atoms with E-state index in [1.165, 1.54) is 12.8 Å². The number of morpholine rings is 1. The van der Waals surface area contributed by atoms with Crippen molar-refractivity contribution in [2.45, 2.75) is 44.2 Å². The highest BCUT2D eigenvalue weighted by molar-refractivity contribution is 5.85. The molecule has 3 aromatic heterocycles. The van der Waals surface area contributed by atoms with E-state index in [0.29, 0.717) is 35.9 Å². The molecule has 5 fully saturated rings. The number of rotatable bonds is 7. The third-order valence-electron chi connectivity index (χ3n) is 9.02. The molecule has 10 heteroatoms.